The number of benzene rings is 1. The molecule has 1 aliphatic rings. The summed E-state index contributed by atoms with van der Waals surface area (Å²) in [7, 11) is 0. The highest BCUT2D eigenvalue weighted by atomic mass is 16.1. The molecule has 1 heterocycles. The van der Waals surface area contributed by atoms with Gasteiger partial charge >= 0.3 is 0 Å². The Labute approximate surface area is 117 Å². The first-order chi connectivity index (χ1) is 9.69. The van der Waals surface area contributed by atoms with Gasteiger partial charge in [0.25, 0.3) is 5.56 Å². The predicted molar refractivity (Wildman–Crippen MR) is 80.1 cm³/mol. The summed E-state index contributed by atoms with van der Waals surface area (Å²) in [5.41, 5.74) is 3.68. The van der Waals surface area contributed by atoms with Gasteiger partial charge in [-0.15, -0.1) is 0 Å². The van der Waals surface area contributed by atoms with Gasteiger partial charge in [0.05, 0.1) is 5.52 Å². The Bertz CT molecular complexity index is 731. The monoisotopic (exact) mass is 270 g/mol. The number of anilines is 1. The average molecular weight is 270 g/mol. The summed E-state index contributed by atoms with van der Waals surface area (Å²) in [6.07, 6.45) is 4.51. The van der Waals surface area contributed by atoms with Crippen LogP contribution in [-0.2, 0) is 17.6 Å². The van der Waals surface area contributed by atoms with E-state index in [2.05, 4.69) is 10.3 Å². The number of hydrogen-bond acceptors (Lipinski definition) is 2. The van der Waals surface area contributed by atoms with Crippen LogP contribution < -0.4 is 10.9 Å². The number of carbonyl (C=O) groups is 1. The molecular weight excluding hydrogens is 252 g/mol. The fraction of sp³-hybridized carbons (Fsp3) is 0.375. The zero-order valence-electron chi connectivity index (χ0n) is 11.6. The summed E-state index contributed by atoms with van der Waals surface area (Å²) < 4.78 is 0. The summed E-state index contributed by atoms with van der Waals surface area (Å²) in [6, 6.07) is 5.75. The minimum Gasteiger partial charge on any atom is -0.326 e. The van der Waals surface area contributed by atoms with Crippen LogP contribution in [0.1, 0.15) is 37.3 Å². The minimum atomic E-state index is -0.0235. The molecule has 1 aliphatic carbocycles. The third-order valence-corrected chi connectivity index (χ3v) is 3.94. The van der Waals surface area contributed by atoms with E-state index in [1.165, 1.54) is 5.56 Å². The number of rotatable bonds is 2. The molecule has 3 rings (SSSR count). The molecule has 4 heteroatoms. The van der Waals surface area contributed by atoms with Crippen molar-refractivity contribution in [1.29, 1.82) is 0 Å². The van der Waals surface area contributed by atoms with Crippen molar-refractivity contribution in [3.05, 3.63) is 39.7 Å². The number of nitrogens with one attached hydrogen (secondary N) is 2. The van der Waals surface area contributed by atoms with Gasteiger partial charge < -0.3 is 10.3 Å². The zero-order valence-corrected chi connectivity index (χ0v) is 11.6. The van der Waals surface area contributed by atoms with Crippen LogP contribution in [-0.4, -0.2) is 10.9 Å². The molecule has 0 atom stereocenters. The van der Waals surface area contributed by atoms with Gasteiger partial charge in [-0.1, -0.05) is 13.0 Å². The fourth-order valence-electron chi connectivity index (χ4n) is 2.89. The number of carbonyl (C=O) groups excluding carboxylic acids is 1. The molecule has 0 saturated heterocycles. The molecule has 0 bridgehead atoms. The first-order valence-corrected chi connectivity index (χ1v) is 7.16. The summed E-state index contributed by atoms with van der Waals surface area (Å²) in [4.78, 5) is 26.5. The lowest BCUT2D eigenvalue weighted by Gasteiger charge is -2.17. The number of pyridine rings is 1. The lowest BCUT2D eigenvalue weighted by molar-refractivity contribution is -0.115. The molecule has 0 unspecified atom stereocenters. The van der Waals surface area contributed by atoms with Crippen LogP contribution in [0.25, 0.3) is 10.9 Å². The Morgan fingerprint density at radius 2 is 2.00 bits per heavy atom. The van der Waals surface area contributed by atoms with Crippen molar-refractivity contribution in [2.45, 2.75) is 39.0 Å². The van der Waals surface area contributed by atoms with Crippen molar-refractivity contribution in [2.24, 2.45) is 0 Å². The van der Waals surface area contributed by atoms with Crippen LogP contribution in [0.5, 0.6) is 0 Å². The third-order valence-electron chi connectivity index (χ3n) is 3.94. The summed E-state index contributed by atoms with van der Waals surface area (Å²) in [5.74, 6) is -0.0235. The highest BCUT2D eigenvalue weighted by Gasteiger charge is 2.16. The first-order valence-electron chi connectivity index (χ1n) is 7.16. The molecule has 1 aromatic heterocycles. The maximum absolute atomic E-state index is 12.1. The number of fused-ring (bicyclic) bond motifs is 3. The van der Waals surface area contributed by atoms with Gasteiger partial charge in [0.15, 0.2) is 0 Å². The number of aromatic nitrogens is 1. The molecule has 2 aromatic rings. The third kappa shape index (κ3) is 2.22. The molecule has 2 N–H and O–H groups in total. The largest absolute Gasteiger partial charge is 0.326 e. The topological polar surface area (TPSA) is 62.0 Å². The molecule has 1 amide bonds. The van der Waals surface area contributed by atoms with Crippen molar-refractivity contribution in [2.75, 3.05) is 5.32 Å². The van der Waals surface area contributed by atoms with Gasteiger partial charge in [-0.3, -0.25) is 9.59 Å². The molecule has 4 nitrogen and oxygen atoms in total. The van der Waals surface area contributed by atoms with Gasteiger partial charge in [0.1, 0.15) is 0 Å². The van der Waals surface area contributed by atoms with Crippen molar-refractivity contribution >= 4 is 22.5 Å². The van der Waals surface area contributed by atoms with Crippen molar-refractivity contribution in [1.82, 2.24) is 4.98 Å². The lowest BCUT2D eigenvalue weighted by atomic mass is 9.90. The molecular formula is C16H18N2O2. The van der Waals surface area contributed by atoms with E-state index in [9.17, 15) is 9.59 Å². The van der Waals surface area contributed by atoms with Crippen LogP contribution in [0, 0.1) is 0 Å². The normalized spacial score (nSPS) is 14.1. The summed E-state index contributed by atoms with van der Waals surface area (Å²) in [5, 5.41) is 3.93. The van der Waals surface area contributed by atoms with E-state index in [0.717, 1.165) is 47.8 Å². The molecule has 0 spiro atoms. The van der Waals surface area contributed by atoms with Crippen LogP contribution in [0.15, 0.2) is 23.0 Å². The average Bonchev–Trinajstić information content (AvgIpc) is 2.47. The first kappa shape index (κ1) is 12.9. The summed E-state index contributed by atoms with van der Waals surface area (Å²) >= 11 is 0. The standard InChI is InChI=1S/C16H18N2O2/c1-2-15(19)17-10-7-8-12-11-5-3-4-6-13(11)16(20)18-14(12)9-10/h7-9H,2-6H2,1H3,(H,17,19)(H,18,20). The van der Waals surface area contributed by atoms with Crippen LogP contribution in [0.3, 0.4) is 0 Å². The van der Waals surface area contributed by atoms with Gasteiger partial charge in [-0.25, -0.2) is 0 Å². The van der Waals surface area contributed by atoms with E-state index in [1.807, 2.05) is 25.1 Å². The fourth-order valence-corrected chi connectivity index (χ4v) is 2.89. The van der Waals surface area contributed by atoms with E-state index >= 15 is 0 Å². The SMILES string of the molecule is CCC(=O)Nc1ccc2c3c(c(=O)[nH]c2c1)CCCC3. The molecule has 1 aromatic carbocycles. The van der Waals surface area contributed by atoms with Crippen LogP contribution in [0.2, 0.25) is 0 Å². The smallest absolute Gasteiger partial charge is 0.251 e. The van der Waals surface area contributed by atoms with Gasteiger partial charge in [0.2, 0.25) is 5.91 Å². The highest BCUT2D eigenvalue weighted by Crippen LogP contribution is 2.27. The molecule has 0 radical (unpaired) electrons. The van der Waals surface area contributed by atoms with Crippen molar-refractivity contribution < 1.29 is 4.79 Å². The number of H-pyrrole nitrogens is 1. The van der Waals surface area contributed by atoms with Gasteiger partial charge in [-0.2, -0.15) is 0 Å². The van der Waals surface area contributed by atoms with E-state index in [4.69, 9.17) is 0 Å². The molecule has 0 saturated carbocycles. The maximum Gasteiger partial charge on any atom is 0.251 e. The quantitative estimate of drug-likeness (QED) is 0.881. The van der Waals surface area contributed by atoms with E-state index < -0.39 is 0 Å². The van der Waals surface area contributed by atoms with E-state index in [-0.39, 0.29) is 11.5 Å². The molecule has 104 valence electrons. The second kappa shape index (κ2) is 5.12. The lowest BCUT2D eigenvalue weighted by Crippen LogP contribution is -2.19. The second-order valence-corrected chi connectivity index (χ2v) is 5.28. The van der Waals surface area contributed by atoms with Crippen LogP contribution >= 0.6 is 0 Å². The Balaban J connectivity index is 2.12. The summed E-state index contributed by atoms with van der Waals surface area (Å²) in [6.45, 7) is 1.81. The minimum absolute atomic E-state index is 0.0196. The van der Waals surface area contributed by atoms with E-state index in [1.54, 1.807) is 0 Å². The van der Waals surface area contributed by atoms with Crippen LogP contribution in [0.4, 0.5) is 5.69 Å². The number of aryl methyl sites for hydroxylation is 1. The Hall–Kier alpha value is -2.10. The molecule has 20 heavy (non-hydrogen) atoms. The Morgan fingerprint density at radius 1 is 1.25 bits per heavy atom. The molecule has 0 aliphatic heterocycles. The van der Waals surface area contributed by atoms with Gasteiger partial charge in [-0.05, 0) is 43.4 Å². The number of amides is 1. The van der Waals surface area contributed by atoms with Crippen molar-refractivity contribution in [3.8, 4) is 0 Å². The second-order valence-electron chi connectivity index (χ2n) is 5.28. The highest BCUT2D eigenvalue weighted by molar-refractivity contribution is 5.94. The van der Waals surface area contributed by atoms with E-state index in [0.29, 0.717) is 6.42 Å². The van der Waals surface area contributed by atoms with Gasteiger partial charge in [0, 0.05) is 23.1 Å². The number of aromatic amines is 1. The predicted octanol–water partition coefficient (Wildman–Crippen LogP) is 2.76. The molecule has 0 fully saturated rings. The Morgan fingerprint density at radius 3 is 2.75 bits per heavy atom. The Kier molecular flexibility index (Phi) is 3.30. The van der Waals surface area contributed by atoms with Crippen molar-refractivity contribution in [3.63, 3.8) is 0 Å². The zero-order chi connectivity index (χ0) is 14.1. The number of hydrogen-bond donors (Lipinski definition) is 2. The maximum atomic E-state index is 12.1.